The molecule has 0 radical (unpaired) electrons. The number of rotatable bonds is 5. The predicted molar refractivity (Wildman–Crippen MR) is 86.0 cm³/mol. The summed E-state index contributed by atoms with van der Waals surface area (Å²) in [5, 5.41) is 0.731. The van der Waals surface area contributed by atoms with Gasteiger partial charge in [0.05, 0.1) is 0 Å². The van der Waals surface area contributed by atoms with E-state index in [9.17, 15) is 4.79 Å². The van der Waals surface area contributed by atoms with Crippen molar-refractivity contribution < 1.29 is 4.79 Å². The Balaban J connectivity index is 2.14. The fourth-order valence-corrected chi connectivity index (χ4v) is 3.20. The fourth-order valence-electron chi connectivity index (χ4n) is 3.07. The molecule has 1 heterocycles. The molecular weight excluding hydrogens is 286 g/mol. The van der Waals surface area contributed by atoms with Gasteiger partial charge >= 0.3 is 0 Å². The van der Waals surface area contributed by atoms with Gasteiger partial charge in [-0.25, -0.2) is 0 Å². The number of hydrogen-bond acceptors (Lipinski definition) is 3. The van der Waals surface area contributed by atoms with Gasteiger partial charge in [0, 0.05) is 23.0 Å². The molecule has 2 rings (SSSR count). The van der Waals surface area contributed by atoms with Gasteiger partial charge in [-0.3, -0.25) is 9.69 Å². The SMILES string of the molecule is CCC(N)C(c1ccc(Cl)cc1)N1CCC(C(N)=O)CC1. The molecule has 4 N–H and O–H groups in total. The molecule has 0 spiro atoms. The van der Waals surface area contributed by atoms with Crippen LogP contribution in [0.2, 0.25) is 5.02 Å². The average molecular weight is 310 g/mol. The lowest BCUT2D eigenvalue weighted by atomic mass is 9.90. The molecule has 1 aliphatic heterocycles. The van der Waals surface area contributed by atoms with Crippen LogP contribution < -0.4 is 11.5 Å². The number of carbonyl (C=O) groups excluding carboxylic acids is 1. The fraction of sp³-hybridized carbons (Fsp3) is 0.562. The quantitative estimate of drug-likeness (QED) is 0.876. The number of piperidine rings is 1. The van der Waals surface area contributed by atoms with Crippen LogP contribution in [0.15, 0.2) is 24.3 Å². The van der Waals surface area contributed by atoms with Crippen LogP contribution in [-0.2, 0) is 4.79 Å². The summed E-state index contributed by atoms with van der Waals surface area (Å²) in [5.41, 5.74) is 12.9. The number of primary amides is 1. The van der Waals surface area contributed by atoms with Gasteiger partial charge in [0.15, 0.2) is 0 Å². The highest BCUT2D eigenvalue weighted by molar-refractivity contribution is 6.30. The Bertz CT molecular complexity index is 469. The van der Waals surface area contributed by atoms with E-state index >= 15 is 0 Å². The van der Waals surface area contributed by atoms with Gasteiger partial charge in [-0.1, -0.05) is 30.7 Å². The molecule has 4 nitrogen and oxygen atoms in total. The van der Waals surface area contributed by atoms with E-state index in [1.807, 2.05) is 24.3 Å². The molecule has 1 aromatic rings. The van der Waals surface area contributed by atoms with Gasteiger partial charge in [0.1, 0.15) is 0 Å². The molecule has 1 amide bonds. The van der Waals surface area contributed by atoms with Crippen molar-refractivity contribution in [2.24, 2.45) is 17.4 Å². The highest BCUT2D eigenvalue weighted by Crippen LogP contribution is 2.30. The first-order valence-corrected chi connectivity index (χ1v) is 7.95. The second-order valence-corrected chi connectivity index (χ2v) is 6.22. The van der Waals surface area contributed by atoms with Crippen molar-refractivity contribution in [3.05, 3.63) is 34.9 Å². The summed E-state index contributed by atoms with van der Waals surface area (Å²) in [6.07, 6.45) is 2.54. The molecular formula is C16H24ClN3O. The molecule has 116 valence electrons. The van der Waals surface area contributed by atoms with E-state index in [2.05, 4.69) is 11.8 Å². The molecule has 0 bridgehead atoms. The van der Waals surface area contributed by atoms with Crippen LogP contribution in [0.4, 0.5) is 0 Å². The zero-order valence-electron chi connectivity index (χ0n) is 12.5. The number of amides is 1. The smallest absolute Gasteiger partial charge is 0.220 e. The number of benzene rings is 1. The third kappa shape index (κ3) is 3.96. The van der Waals surface area contributed by atoms with Crippen molar-refractivity contribution in [2.45, 2.75) is 38.3 Å². The molecule has 0 aromatic heterocycles. The first kappa shape index (κ1) is 16.3. The first-order chi connectivity index (χ1) is 10.0. The van der Waals surface area contributed by atoms with Crippen molar-refractivity contribution in [3.63, 3.8) is 0 Å². The lowest BCUT2D eigenvalue weighted by Crippen LogP contribution is -2.46. The Morgan fingerprint density at radius 3 is 2.38 bits per heavy atom. The van der Waals surface area contributed by atoms with Gasteiger partial charge in [0.2, 0.25) is 5.91 Å². The van der Waals surface area contributed by atoms with Crippen LogP contribution >= 0.6 is 11.6 Å². The van der Waals surface area contributed by atoms with Gasteiger partial charge in [0.25, 0.3) is 0 Å². The van der Waals surface area contributed by atoms with Gasteiger partial charge in [-0.05, 0) is 50.0 Å². The summed E-state index contributed by atoms with van der Waals surface area (Å²) in [4.78, 5) is 13.7. The predicted octanol–water partition coefficient (Wildman–Crippen LogP) is 2.32. The van der Waals surface area contributed by atoms with Gasteiger partial charge < -0.3 is 11.5 Å². The van der Waals surface area contributed by atoms with Crippen molar-refractivity contribution in [1.29, 1.82) is 0 Å². The number of nitrogens with two attached hydrogens (primary N) is 2. The highest BCUT2D eigenvalue weighted by atomic mass is 35.5. The molecule has 21 heavy (non-hydrogen) atoms. The van der Waals surface area contributed by atoms with E-state index < -0.39 is 0 Å². The van der Waals surface area contributed by atoms with E-state index in [1.54, 1.807) is 0 Å². The topological polar surface area (TPSA) is 72.3 Å². The van der Waals surface area contributed by atoms with Crippen LogP contribution in [-0.4, -0.2) is 29.9 Å². The van der Waals surface area contributed by atoms with Crippen molar-refractivity contribution in [1.82, 2.24) is 4.90 Å². The molecule has 2 atom stereocenters. The molecule has 0 aliphatic carbocycles. The molecule has 5 heteroatoms. The average Bonchev–Trinajstić information content (AvgIpc) is 2.49. The Morgan fingerprint density at radius 2 is 1.90 bits per heavy atom. The minimum atomic E-state index is -0.183. The summed E-state index contributed by atoms with van der Waals surface area (Å²) < 4.78 is 0. The lowest BCUT2D eigenvalue weighted by molar-refractivity contribution is -0.123. The molecule has 1 aliphatic rings. The van der Waals surface area contributed by atoms with Crippen molar-refractivity contribution in [3.8, 4) is 0 Å². The minimum Gasteiger partial charge on any atom is -0.369 e. The molecule has 1 aromatic carbocycles. The van der Waals surface area contributed by atoms with Crippen molar-refractivity contribution in [2.75, 3.05) is 13.1 Å². The summed E-state index contributed by atoms with van der Waals surface area (Å²) in [6, 6.07) is 8.13. The summed E-state index contributed by atoms with van der Waals surface area (Å²) in [7, 11) is 0. The number of halogens is 1. The van der Waals surface area contributed by atoms with Crippen LogP contribution in [0.1, 0.15) is 37.8 Å². The third-order valence-electron chi connectivity index (χ3n) is 4.41. The summed E-state index contributed by atoms with van der Waals surface area (Å²) >= 11 is 5.97. The second kappa shape index (κ2) is 7.25. The van der Waals surface area contributed by atoms with Gasteiger partial charge in [-0.15, -0.1) is 0 Å². The van der Waals surface area contributed by atoms with Crippen LogP contribution in [0.25, 0.3) is 0 Å². The number of carbonyl (C=O) groups is 1. The molecule has 2 unspecified atom stereocenters. The van der Waals surface area contributed by atoms with Crippen LogP contribution in [0.3, 0.4) is 0 Å². The third-order valence-corrected chi connectivity index (χ3v) is 4.67. The minimum absolute atomic E-state index is 0.00460. The van der Waals surface area contributed by atoms with Crippen molar-refractivity contribution >= 4 is 17.5 Å². The summed E-state index contributed by atoms with van der Waals surface area (Å²) in [5.74, 6) is -0.178. The molecule has 1 fully saturated rings. The second-order valence-electron chi connectivity index (χ2n) is 5.78. The monoisotopic (exact) mass is 309 g/mol. The molecule has 0 saturated carbocycles. The van der Waals surface area contributed by atoms with Gasteiger partial charge in [-0.2, -0.15) is 0 Å². The Labute approximate surface area is 131 Å². The van der Waals surface area contributed by atoms with E-state index in [0.717, 1.165) is 37.4 Å². The van der Waals surface area contributed by atoms with Crippen LogP contribution in [0, 0.1) is 5.92 Å². The van der Waals surface area contributed by atoms with Crippen LogP contribution in [0.5, 0.6) is 0 Å². The number of nitrogens with zero attached hydrogens (tertiary/aromatic N) is 1. The zero-order valence-corrected chi connectivity index (χ0v) is 13.2. The largest absolute Gasteiger partial charge is 0.369 e. The molecule has 1 saturated heterocycles. The Hall–Kier alpha value is -1.10. The first-order valence-electron chi connectivity index (χ1n) is 7.57. The zero-order chi connectivity index (χ0) is 15.4. The normalized spacial score (nSPS) is 20.1. The number of hydrogen-bond donors (Lipinski definition) is 2. The summed E-state index contributed by atoms with van der Waals surface area (Å²) in [6.45, 7) is 3.81. The maximum absolute atomic E-state index is 11.3. The Kier molecular flexibility index (Phi) is 5.62. The van der Waals surface area contributed by atoms with E-state index in [4.69, 9.17) is 23.1 Å². The van der Waals surface area contributed by atoms with E-state index in [0.29, 0.717) is 0 Å². The van der Waals surface area contributed by atoms with E-state index in [-0.39, 0.29) is 23.9 Å². The van der Waals surface area contributed by atoms with E-state index in [1.165, 1.54) is 5.56 Å². The highest BCUT2D eigenvalue weighted by Gasteiger charge is 2.31. The Morgan fingerprint density at radius 1 is 1.33 bits per heavy atom. The standard InChI is InChI=1S/C16H24ClN3O/c1-2-14(18)15(11-3-5-13(17)6-4-11)20-9-7-12(8-10-20)16(19)21/h3-6,12,14-15H,2,7-10,18H2,1H3,(H2,19,21). The lowest BCUT2D eigenvalue weighted by Gasteiger charge is -2.39. The maximum Gasteiger partial charge on any atom is 0.220 e. The maximum atomic E-state index is 11.3. The number of likely N-dealkylation sites (tertiary alicyclic amines) is 1.